The first-order valence-corrected chi connectivity index (χ1v) is 13.7. The molecule has 1 saturated heterocycles. The summed E-state index contributed by atoms with van der Waals surface area (Å²) in [7, 11) is 0. The standard InChI is InChI=1S/C26H30ClN7O2S/c1-3-32(4-2)11-12-34-25(35)23(37-26(34)36)15-22-19-13-18(20(27)14-21(19)30-31-22)17-5-6-24(29-16-17)33-9-7-28-8-10-33/h5-6,13-16,28,35H,3-4,7-12H2,1-2H3/b22-15-. The summed E-state index contributed by atoms with van der Waals surface area (Å²) < 4.78 is 1.42. The first-order valence-electron chi connectivity index (χ1n) is 12.5. The summed E-state index contributed by atoms with van der Waals surface area (Å²) in [5.41, 5.74) is 3.74. The minimum atomic E-state index is -0.195. The van der Waals surface area contributed by atoms with Gasteiger partial charge in [-0.3, -0.25) is 9.36 Å². The maximum absolute atomic E-state index is 12.6. The van der Waals surface area contributed by atoms with Crippen LogP contribution in [0.4, 0.5) is 11.5 Å². The third kappa shape index (κ3) is 5.33. The van der Waals surface area contributed by atoms with Crippen LogP contribution < -0.4 is 15.1 Å². The fourth-order valence-electron chi connectivity index (χ4n) is 4.58. The molecule has 0 bridgehead atoms. The van der Waals surface area contributed by atoms with Gasteiger partial charge in [-0.2, -0.15) is 0 Å². The Morgan fingerprint density at radius 3 is 2.65 bits per heavy atom. The Kier molecular flexibility index (Phi) is 7.71. The Morgan fingerprint density at radius 1 is 1.16 bits per heavy atom. The topological polar surface area (TPSA) is 98.3 Å². The van der Waals surface area contributed by atoms with Crippen molar-refractivity contribution in [2.45, 2.75) is 20.4 Å². The maximum Gasteiger partial charge on any atom is 0.310 e. The molecular formula is C26H30ClN7O2S. The van der Waals surface area contributed by atoms with E-state index in [0.29, 0.717) is 34.4 Å². The lowest BCUT2D eigenvalue weighted by Crippen LogP contribution is -2.43. The second-order valence-electron chi connectivity index (χ2n) is 8.96. The molecule has 37 heavy (non-hydrogen) atoms. The van der Waals surface area contributed by atoms with Crippen molar-refractivity contribution in [3.8, 4) is 17.0 Å². The van der Waals surface area contributed by atoms with Crippen molar-refractivity contribution < 1.29 is 5.11 Å². The highest BCUT2D eigenvalue weighted by Crippen LogP contribution is 2.43. The lowest BCUT2D eigenvalue weighted by Gasteiger charge is -2.28. The van der Waals surface area contributed by atoms with E-state index in [0.717, 1.165) is 73.1 Å². The van der Waals surface area contributed by atoms with Crippen LogP contribution in [0.2, 0.25) is 5.02 Å². The van der Waals surface area contributed by atoms with Crippen LogP contribution in [-0.4, -0.2) is 65.4 Å². The number of nitrogens with zero attached hydrogens (tertiary/aromatic N) is 6. The van der Waals surface area contributed by atoms with E-state index in [1.54, 1.807) is 12.1 Å². The van der Waals surface area contributed by atoms with Crippen LogP contribution in [0.1, 0.15) is 24.3 Å². The predicted molar refractivity (Wildman–Crippen MR) is 150 cm³/mol. The third-order valence-electron chi connectivity index (χ3n) is 6.82. The van der Waals surface area contributed by atoms with E-state index in [9.17, 15) is 9.90 Å². The van der Waals surface area contributed by atoms with Gasteiger partial charge in [0.2, 0.25) is 5.88 Å². The fraction of sp³-hybridized carbons (Fsp3) is 0.385. The van der Waals surface area contributed by atoms with Crippen molar-refractivity contribution in [2.24, 2.45) is 10.2 Å². The van der Waals surface area contributed by atoms with Crippen molar-refractivity contribution in [3.05, 3.63) is 55.6 Å². The molecule has 2 aliphatic rings. The molecular weight excluding hydrogens is 510 g/mol. The van der Waals surface area contributed by atoms with E-state index >= 15 is 0 Å². The zero-order chi connectivity index (χ0) is 25.9. The molecule has 4 heterocycles. The second-order valence-corrected chi connectivity index (χ2v) is 10.4. The number of anilines is 1. The molecule has 3 aromatic rings. The molecule has 0 amide bonds. The van der Waals surface area contributed by atoms with Crippen molar-refractivity contribution in [1.82, 2.24) is 19.8 Å². The number of hydrogen-bond donors (Lipinski definition) is 2. The second kappa shape index (κ2) is 11.1. The molecule has 2 N–H and O–H groups in total. The number of thiazole rings is 1. The summed E-state index contributed by atoms with van der Waals surface area (Å²) in [6.45, 7) is 10.8. The fourth-order valence-corrected chi connectivity index (χ4v) is 5.69. The quantitative estimate of drug-likeness (QED) is 0.431. The number of benzene rings is 1. The van der Waals surface area contributed by atoms with Gasteiger partial charge >= 0.3 is 4.87 Å². The van der Waals surface area contributed by atoms with E-state index in [2.05, 4.69) is 44.2 Å². The minimum Gasteiger partial charge on any atom is -0.493 e. The number of fused-ring (bicyclic) bond motifs is 1. The van der Waals surface area contributed by atoms with E-state index in [1.807, 2.05) is 24.4 Å². The van der Waals surface area contributed by atoms with Crippen molar-refractivity contribution in [3.63, 3.8) is 0 Å². The summed E-state index contributed by atoms with van der Waals surface area (Å²) in [6, 6.07) is 7.78. The van der Waals surface area contributed by atoms with Gasteiger partial charge in [-0.15, -0.1) is 10.2 Å². The highest BCUT2D eigenvalue weighted by atomic mass is 35.5. The predicted octanol–water partition coefficient (Wildman–Crippen LogP) is 4.68. The Hall–Kier alpha value is -3.05. The zero-order valence-electron chi connectivity index (χ0n) is 20.9. The van der Waals surface area contributed by atoms with Crippen molar-refractivity contribution in [1.29, 1.82) is 0 Å². The Bertz CT molecular complexity index is 1390. The molecule has 0 atom stereocenters. The molecule has 9 nitrogen and oxygen atoms in total. The average Bonchev–Trinajstić information content (AvgIpc) is 3.43. The zero-order valence-corrected chi connectivity index (χ0v) is 22.5. The molecule has 0 saturated carbocycles. The number of likely N-dealkylation sites (N-methyl/N-ethyl adjacent to an activating group) is 1. The van der Waals surface area contributed by atoms with Gasteiger partial charge < -0.3 is 20.2 Å². The first-order chi connectivity index (χ1) is 18.0. The number of aromatic nitrogens is 2. The molecule has 11 heteroatoms. The summed E-state index contributed by atoms with van der Waals surface area (Å²) >= 11 is 7.62. The Balaban J connectivity index is 1.41. The molecule has 0 aliphatic carbocycles. The highest BCUT2D eigenvalue weighted by molar-refractivity contribution is 7.10. The molecule has 1 fully saturated rings. The van der Waals surface area contributed by atoms with Gasteiger partial charge in [0.15, 0.2) is 0 Å². The molecule has 0 spiro atoms. The Morgan fingerprint density at radius 2 is 1.95 bits per heavy atom. The number of azo groups is 1. The average molecular weight is 540 g/mol. The normalized spacial score (nSPS) is 16.2. The van der Waals surface area contributed by atoms with E-state index < -0.39 is 0 Å². The van der Waals surface area contributed by atoms with E-state index in [1.165, 1.54) is 4.57 Å². The first kappa shape index (κ1) is 25.6. The maximum atomic E-state index is 12.6. The van der Waals surface area contributed by atoms with Crippen molar-refractivity contribution in [2.75, 3.05) is 50.7 Å². The Labute approximate surface area is 224 Å². The van der Waals surface area contributed by atoms with Gasteiger partial charge in [0.05, 0.1) is 21.3 Å². The molecule has 1 aromatic carbocycles. The number of hydrogen-bond acceptors (Lipinski definition) is 9. The molecule has 0 radical (unpaired) electrons. The summed E-state index contributed by atoms with van der Waals surface area (Å²) in [4.78, 5) is 22.0. The number of piperazine rings is 1. The van der Waals surface area contributed by atoms with Crippen LogP contribution in [0.3, 0.4) is 0 Å². The number of halogens is 1. The molecule has 2 aromatic heterocycles. The van der Waals surface area contributed by atoms with Crippen LogP contribution in [0.5, 0.6) is 5.88 Å². The molecule has 0 unspecified atom stereocenters. The lowest BCUT2D eigenvalue weighted by molar-refractivity contribution is 0.281. The number of nitrogens with one attached hydrogen (secondary N) is 1. The van der Waals surface area contributed by atoms with Crippen molar-refractivity contribution >= 4 is 46.2 Å². The summed E-state index contributed by atoms with van der Waals surface area (Å²) in [5, 5.41) is 23.3. The highest BCUT2D eigenvalue weighted by Gasteiger charge is 2.21. The summed E-state index contributed by atoms with van der Waals surface area (Å²) in [5.74, 6) is 0.907. The largest absolute Gasteiger partial charge is 0.493 e. The summed E-state index contributed by atoms with van der Waals surface area (Å²) in [6.07, 6.45) is 3.55. The smallest absolute Gasteiger partial charge is 0.310 e. The van der Waals surface area contributed by atoms with Crippen LogP contribution in [0.15, 0.2) is 45.5 Å². The molecule has 2 aliphatic heterocycles. The molecule has 5 rings (SSSR count). The third-order valence-corrected chi connectivity index (χ3v) is 8.05. The van der Waals surface area contributed by atoms with E-state index in [-0.39, 0.29) is 10.8 Å². The van der Waals surface area contributed by atoms with Crippen LogP contribution in [0, 0.1) is 0 Å². The van der Waals surface area contributed by atoms with Gasteiger partial charge in [0, 0.05) is 62.2 Å². The number of rotatable bonds is 8. The lowest BCUT2D eigenvalue weighted by atomic mass is 10.0. The van der Waals surface area contributed by atoms with Gasteiger partial charge in [-0.25, -0.2) is 4.98 Å². The van der Waals surface area contributed by atoms with Crippen LogP contribution >= 0.6 is 22.9 Å². The minimum absolute atomic E-state index is 0.0415. The van der Waals surface area contributed by atoms with E-state index in [4.69, 9.17) is 11.6 Å². The van der Waals surface area contributed by atoms with Gasteiger partial charge in [-0.05, 0) is 43.4 Å². The van der Waals surface area contributed by atoms with Crippen LogP contribution in [-0.2, 0) is 6.54 Å². The monoisotopic (exact) mass is 539 g/mol. The number of aromatic hydroxyl groups is 1. The van der Waals surface area contributed by atoms with Gasteiger partial charge in [0.25, 0.3) is 0 Å². The SMILES string of the molecule is CCN(CC)CCn1c(O)c(/C=C2\N=Nc3cc(Cl)c(-c4ccc(N5CCNCC5)nc4)cc32)sc1=O. The molecule has 194 valence electrons. The van der Waals surface area contributed by atoms with Crippen LogP contribution in [0.25, 0.3) is 22.9 Å². The van der Waals surface area contributed by atoms with Gasteiger partial charge in [-0.1, -0.05) is 36.8 Å². The number of pyridine rings is 1. The van der Waals surface area contributed by atoms with Gasteiger partial charge in [0.1, 0.15) is 5.82 Å².